The van der Waals surface area contributed by atoms with Gasteiger partial charge in [-0.05, 0) is 26.3 Å². The van der Waals surface area contributed by atoms with Crippen LogP contribution in [0.5, 0.6) is 0 Å². The zero-order valence-corrected chi connectivity index (χ0v) is 27.5. The summed E-state index contributed by atoms with van der Waals surface area (Å²) in [6, 6.07) is 19.0. The highest BCUT2D eigenvalue weighted by atomic mass is 31.2. The van der Waals surface area contributed by atoms with E-state index in [4.69, 9.17) is 18.8 Å². The quantitative estimate of drug-likeness (QED) is 0.183. The molecule has 13 heteroatoms. The van der Waals surface area contributed by atoms with Crippen molar-refractivity contribution in [1.29, 1.82) is 0 Å². The van der Waals surface area contributed by atoms with E-state index in [0.717, 1.165) is 18.4 Å². The summed E-state index contributed by atoms with van der Waals surface area (Å²) in [6.45, 7) is 6.85. The summed E-state index contributed by atoms with van der Waals surface area (Å²) in [7, 11) is -3.77. The molecule has 2 heterocycles. The van der Waals surface area contributed by atoms with E-state index in [1.165, 1.54) is 4.90 Å². The molecule has 0 aliphatic carbocycles. The summed E-state index contributed by atoms with van der Waals surface area (Å²) in [6.07, 6.45) is 0.888. The van der Waals surface area contributed by atoms with Crippen LogP contribution >= 0.6 is 7.60 Å². The molecule has 1 saturated heterocycles. The Bertz CT molecular complexity index is 1430. The number of hydrogen-bond acceptors (Lipinski definition) is 9. The smallest absolute Gasteiger partial charge is 0.409 e. The van der Waals surface area contributed by atoms with Crippen molar-refractivity contribution in [2.75, 3.05) is 52.2 Å². The molecule has 3 amide bonds. The third-order valence-electron chi connectivity index (χ3n) is 7.29. The number of carbonyl (C=O) groups is 3. The van der Waals surface area contributed by atoms with E-state index in [1.807, 2.05) is 67.6 Å². The molecule has 246 valence electrons. The van der Waals surface area contributed by atoms with E-state index >= 15 is 0 Å². The molecule has 1 aromatic heterocycles. The highest BCUT2D eigenvalue weighted by Crippen LogP contribution is 2.48. The number of nitrogens with one attached hydrogen (secondary N) is 1. The molecule has 1 aliphatic heterocycles. The zero-order chi connectivity index (χ0) is 32.9. The van der Waals surface area contributed by atoms with Gasteiger partial charge in [-0.1, -0.05) is 74.0 Å². The molecule has 1 aliphatic rings. The number of piperazine rings is 1. The van der Waals surface area contributed by atoms with Crippen LogP contribution in [0.1, 0.15) is 44.1 Å². The molecule has 2 aromatic carbocycles. The molecule has 1 atom stereocenters. The van der Waals surface area contributed by atoms with E-state index in [1.54, 1.807) is 24.8 Å². The van der Waals surface area contributed by atoms with Crippen LogP contribution in [0.15, 0.2) is 66.7 Å². The van der Waals surface area contributed by atoms with Gasteiger partial charge in [0.25, 0.3) is 5.91 Å². The minimum Gasteiger partial charge on any atom is -0.449 e. The number of amides is 3. The van der Waals surface area contributed by atoms with Gasteiger partial charge in [-0.25, -0.2) is 14.8 Å². The highest BCUT2D eigenvalue weighted by Gasteiger charge is 2.37. The van der Waals surface area contributed by atoms with Crippen LogP contribution < -0.4 is 5.32 Å². The van der Waals surface area contributed by atoms with Gasteiger partial charge in [0, 0.05) is 37.3 Å². The molecule has 1 N–H and O–H groups in total. The van der Waals surface area contributed by atoms with Crippen LogP contribution in [0.2, 0.25) is 0 Å². The van der Waals surface area contributed by atoms with Gasteiger partial charge in [0.1, 0.15) is 11.7 Å². The van der Waals surface area contributed by atoms with Gasteiger partial charge < -0.3 is 28.9 Å². The Morgan fingerprint density at radius 1 is 0.848 bits per heavy atom. The maximum Gasteiger partial charge on any atom is 0.409 e. The van der Waals surface area contributed by atoms with Crippen LogP contribution in [0.3, 0.4) is 0 Å². The summed E-state index contributed by atoms with van der Waals surface area (Å²) < 4.78 is 29.9. The number of unbranched alkanes of at least 4 members (excludes halogenated alkanes) is 1. The Morgan fingerprint density at radius 2 is 1.43 bits per heavy atom. The standard InChI is InChI=1S/C33H42N5O7P/c1-4-7-22-43-33(41)38-20-18-37(19-21-38)32(40)29(24-46(42,44-5-2)45-6-3)36-31(39)28-23-27(25-14-10-8-11-15-25)34-30(35-28)26-16-12-9-13-17-26/h8-17,23,29H,4-7,18-22,24H2,1-3H3,(H,36,39)/t29-/m0/s1. The van der Waals surface area contributed by atoms with Crippen molar-refractivity contribution < 1.29 is 32.7 Å². The van der Waals surface area contributed by atoms with E-state index in [-0.39, 0.29) is 51.2 Å². The predicted molar refractivity (Wildman–Crippen MR) is 174 cm³/mol. The average molecular weight is 652 g/mol. The highest BCUT2D eigenvalue weighted by molar-refractivity contribution is 7.54. The van der Waals surface area contributed by atoms with Gasteiger partial charge in [0.15, 0.2) is 5.82 Å². The summed E-state index contributed by atoms with van der Waals surface area (Å²) >= 11 is 0. The summed E-state index contributed by atoms with van der Waals surface area (Å²) in [5, 5.41) is 2.77. The number of ether oxygens (including phenoxy) is 1. The van der Waals surface area contributed by atoms with Crippen LogP contribution in [0.4, 0.5) is 4.79 Å². The minimum absolute atomic E-state index is 0.0350. The van der Waals surface area contributed by atoms with Crippen LogP contribution in [0, 0.1) is 0 Å². The first-order valence-electron chi connectivity index (χ1n) is 15.7. The van der Waals surface area contributed by atoms with Crippen molar-refractivity contribution in [3.05, 3.63) is 72.4 Å². The van der Waals surface area contributed by atoms with Gasteiger partial charge in [-0.3, -0.25) is 14.2 Å². The van der Waals surface area contributed by atoms with E-state index in [0.29, 0.717) is 23.7 Å². The topological polar surface area (TPSA) is 140 Å². The Labute approximate surface area is 270 Å². The molecule has 4 rings (SSSR count). The molecule has 0 bridgehead atoms. The van der Waals surface area contributed by atoms with Crippen LogP contribution in [-0.4, -0.2) is 95.9 Å². The monoisotopic (exact) mass is 651 g/mol. The van der Waals surface area contributed by atoms with Crippen molar-refractivity contribution in [1.82, 2.24) is 25.1 Å². The normalized spacial score (nSPS) is 14.1. The number of carbonyl (C=O) groups excluding carboxylic acids is 3. The lowest BCUT2D eigenvalue weighted by Gasteiger charge is -2.36. The van der Waals surface area contributed by atoms with Crippen LogP contribution in [-0.2, 0) is 23.1 Å². The first kappa shape index (κ1) is 34.7. The fraction of sp³-hybridized carbons (Fsp3) is 0.424. The number of benzene rings is 2. The molecule has 12 nitrogen and oxygen atoms in total. The van der Waals surface area contributed by atoms with Gasteiger partial charge >= 0.3 is 13.7 Å². The SMILES string of the molecule is CCCCOC(=O)N1CCN(C(=O)[C@H](CP(=O)(OCC)OCC)NC(=O)c2cc(-c3ccccc3)nc(-c3ccccc3)n2)CC1. The van der Waals surface area contributed by atoms with Crippen LogP contribution in [0.25, 0.3) is 22.6 Å². The number of aromatic nitrogens is 2. The Balaban J connectivity index is 1.60. The third kappa shape index (κ3) is 9.45. The number of hydrogen-bond donors (Lipinski definition) is 1. The summed E-state index contributed by atoms with van der Waals surface area (Å²) in [5.74, 6) is -0.772. The fourth-order valence-electron chi connectivity index (χ4n) is 4.94. The Kier molecular flexibility index (Phi) is 12.8. The molecule has 0 unspecified atom stereocenters. The first-order valence-corrected chi connectivity index (χ1v) is 17.4. The lowest BCUT2D eigenvalue weighted by atomic mass is 10.1. The third-order valence-corrected chi connectivity index (χ3v) is 9.41. The Hall–Kier alpha value is -4.12. The van der Waals surface area contributed by atoms with E-state index < -0.39 is 31.5 Å². The second-order valence-electron chi connectivity index (χ2n) is 10.6. The molecular formula is C33H42N5O7P. The maximum atomic E-state index is 13.9. The molecule has 0 spiro atoms. The molecule has 3 aromatic rings. The average Bonchev–Trinajstić information content (AvgIpc) is 3.08. The summed E-state index contributed by atoms with van der Waals surface area (Å²) in [5.41, 5.74) is 2.06. The molecule has 1 fully saturated rings. The van der Waals surface area contributed by atoms with Crippen molar-refractivity contribution >= 4 is 25.5 Å². The Morgan fingerprint density at radius 3 is 2.02 bits per heavy atom. The van der Waals surface area contributed by atoms with Gasteiger partial charge in [-0.15, -0.1) is 0 Å². The second-order valence-corrected chi connectivity index (χ2v) is 12.7. The van der Waals surface area contributed by atoms with Crippen molar-refractivity contribution in [3.63, 3.8) is 0 Å². The van der Waals surface area contributed by atoms with Gasteiger partial charge in [0.05, 0.1) is 31.7 Å². The number of nitrogens with zero attached hydrogens (tertiary/aromatic N) is 4. The summed E-state index contributed by atoms with van der Waals surface area (Å²) in [4.78, 5) is 52.6. The van der Waals surface area contributed by atoms with E-state index in [9.17, 15) is 18.9 Å². The second kappa shape index (κ2) is 17.0. The van der Waals surface area contributed by atoms with Gasteiger partial charge in [-0.2, -0.15) is 0 Å². The van der Waals surface area contributed by atoms with Gasteiger partial charge in [0.2, 0.25) is 5.91 Å². The van der Waals surface area contributed by atoms with E-state index in [2.05, 4.69) is 10.3 Å². The largest absolute Gasteiger partial charge is 0.449 e. The lowest BCUT2D eigenvalue weighted by Crippen LogP contribution is -2.57. The zero-order valence-electron chi connectivity index (χ0n) is 26.6. The predicted octanol–water partition coefficient (Wildman–Crippen LogP) is 5.26. The molecule has 46 heavy (non-hydrogen) atoms. The number of rotatable bonds is 14. The molecular weight excluding hydrogens is 609 g/mol. The molecule has 0 radical (unpaired) electrons. The maximum absolute atomic E-state index is 13.9. The minimum atomic E-state index is -3.77. The van der Waals surface area contributed by atoms with Crippen molar-refractivity contribution in [3.8, 4) is 22.6 Å². The van der Waals surface area contributed by atoms with Crippen molar-refractivity contribution in [2.45, 2.75) is 39.7 Å². The lowest BCUT2D eigenvalue weighted by molar-refractivity contribution is -0.134. The first-order chi connectivity index (χ1) is 22.3. The molecule has 0 saturated carbocycles. The fourth-order valence-corrected chi connectivity index (χ4v) is 6.71. The van der Waals surface area contributed by atoms with Crippen molar-refractivity contribution in [2.24, 2.45) is 0 Å².